The molecule has 1 unspecified atom stereocenters. The third-order valence-corrected chi connectivity index (χ3v) is 6.36. The molecule has 2 amide bonds. The number of nitrogens with one attached hydrogen (secondary N) is 2. The first kappa shape index (κ1) is 23.9. The van der Waals surface area contributed by atoms with Crippen LogP contribution in [0.3, 0.4) is 0 Å². The van der Waals surface area contributed by atoms with Gasteiger partial charge in [-0.1, -0.05) is 0 Å². The molecule has 2 aromatic rings. The zero-order valence-electron chi connectivity index (χ0n) is 19.9. The number of hydrogen-bond donors (Lipinski definition) is 2. The maximum atomic E-state index is 13.2. The van der Waals surface area contributed by atoms with E-state index in [1.807, 2.05) is 12.1 Å². The Balaban J connectivity index is 1.56. The predicted octanol–water partition coefficient (Wildman–Crippen LogP) is 3.86. The average molecular weight is 468 g/mol. The fourth-order valence-electron chi connectivity index (χ4n) is 4.50. The number of ether oxygens (including phenoxy) is 3. The average Bonchev–Trinajstić information content (AvgIpc) is 3.41. The first-order valence-corrected chi connectivity index (χ1v) is 11.9. The summed E-state index contributed by atoms with van der Waals surface area (Å²) in [5.74, 6) is 0.533. The van der Waals surface area contributed by atoms with E-state index in [-0.39, 0.29) is 17.9 Å². The van der Waals surface area contributed by atoms with E-state index in [0.717, 1.165) is 51.1 Å². The van der Waals surface area contributed by atoms with Crippen molar-refractivity contribution in [1.29, 1.82) is 0 Å². The second kappa shape index (κ2) is 11.2. The van der Waals surface area contributed by atoms with Crippen LogP contribution in [0.2, 0.25) is 0 Å². The monoisotopic (exact) mass is 467 g/mol. The number of hydrogen-bond acceptors (Lipinski definition) is 6. The molecular weight excluding hydrogens is 434 g/mol. The largest absolute Gasteiger partial charge is 0.497 e. The van der Waals surface area contributed by atoms with Crippen LogP contribution in [0, 0.1) is 0 Å². The van der Waals surface area contributed by atoms with Gasteiger partial charge in [-0.25, -0.2) is 0 Å². The van der Waals surface area contributed by atoms with Crippen LogP contribution in [0.25, 0.3) is 0 Å². The SMILES string of the molecule is COc1ccc(C(=O)Nc2ccc(N3CCCCC3)c(C(=O)NCC3CCCO3)c2)c(OC)c1. The van der Waals surface area contributed by atoms with Gasteiger partial charge in [0.25, 0.3) is 11.8 Å². The molecule has 2 aliphatic rings. The number of carbonyl (C=O) groups excluding carboxylic acids is 2. The molecule has 0 bridgehead atoms. The Labute approximate surface area is 200 Å². The molecule has 4 rings (SSSR count). The number of nitrogens with zero attached hydrogens (tertiary/aromatic N) is 1. The van der Waals surface area contributed by atoms with Crippen molar-refractivity contribution < 1.29 is 23.8 Å². The summed E-state index contributed by atoms with van der Waals surface area (Å²) in [6.45, 7) is 3.06. The summed E-state index contributed by atoms with van der Waals surface area (Å²) in [4.78, 5) is 28.5. The third-order valence-electron chi connectivity index (χ3n) is 6.36. The maximum Gasteiger partial charge on any atom is 0.259 e. The number of rotatable bonds is 8. The zero-order chi connectivity index (χ0) is 23.9. The minimum absolute atomic E-state index is 0.0628. The molecule has 34 heavy (non-hydrogen) atoms. The van der Waals surface area contributed by atoms with Crippen LogP contribution in [-0.4, -0.2) is 58.4 Å². The van der Waals surface area contributed by atoms with Gasteiger partial charge in [0.1, 0.15) is 11.5 Å². The molecule has 2 heterocycles. The zero-order valence-corrected chi connectivity index (χ0v) is 19.9. The van der Waals surface area contributed by atoms with Crippen LogP contribution in [0.4, 0.5) is 11.4 Å². The second-order valence-electron chi connectivity index (χ2n) is 8.65. The molecule has 2 N–H and O–H groups in total. The van der Waals surface area contributed by atoms with Crippen LogP contribution < -0.4 is 25.0 Å². The highest BCUT2D eigenvalue weighted by molar-refractivity contribution is 6.08. The highest BCUT2D eigenvalue weighted by Crippen LogP contribution is 2.29. The topological polar surface area (TPSA) is 89.1 Å². The van der Waals surface area contributed by atoms with Crippen molar-refractivity contribution in [2.75, 3.05) is 50.7 Å². The third kappa shape index (κ3) is 5.62. The highest BCUT2D eigenvalue weighted by atomic mass is 16.5. The molecule has 0 spiro atoms. The Morgan fingerprint density at radius 2 is 1.79 bits per heavy atom. The summed E-state index contributed by atoms with van der Waals surface area (Å²) in [5, 5.41) is 5.94. The van der Waals surface area contributed by atoms with Gasteiger partial charge in [0.05, 0.1) is 31.5 Å². The van der Waals surface area contributed by atoms with E-state index in [1.54, 1.807) is 31.4 Å². The van der Waals surface area contributed by atoms with Crippen molar-refractivity contribution in [3.05, 3.63) is 47.5 Å². The minimum Gasteiger partial charge on any atom is -0.497 e. The molecule has 2 aliphatic heterocycles. The van der Waals surface area contributed by atoms with E-state index in [2.05, 4.69) is 15.5 Å². The predicted molar refractivity (Wildman–Crippen MR) is 131 cm³/mol. The Kier molecular flexibility index (Phi) is 7.90. The molecule has 0 aliphatic carbocycles. The van der Waals surface area contributed by atoms with E-state index in [9.17, 15) is 9.59 Å². The smallest absolute Gasteiger partial charge is 0.259 e. The van der Waals surface area contributed by atoms with Gasteiger partial charge in [-0.15, -0.1) is 0 Å². The van der Waals surface area contributed by atoms with Crippen molar-refractivity contribution in [1.82, 2.24) is 5.32 Å². The van der Waals surface area contributed by atoms with Crippen LogP contribution in [0.5, 0.6) is 11.5 Å². The highest BCUT2D eigenvalue weighted by Gasteiger charge is 2.22. The fraction of sp³-hybridized carbons (Fsp3) is 0.462. The number of piperidine rings is 1. The van der Waals surface area contributed by atoms with Crippen LogP contribution in [-0.2, 0) is 4.74 Å². The van der Waals surface area contributed by atoms with Gasteiger partial charge in [0.15, 0.2) is 0 Å². The van der Waals surface area contributed by atoms with Gasteiger partial charge in [-0.3, -0.25) is 9.59 Å². The lowest BCUT2D eigenvalue weighted by atomic mass is 10.1. The number of methoxy groups -OCH3 is 2. The number of amides is 2. The lowest BCUT2D eigenvalue weighted by Gasteiger charge is -2.30. The summed E-state index contributed by atoms with van der Waals surface area (Å²) in [5.41, 5.74) is 2.38. The fourth-order valence-corrected chi connectivity index (χ4v) is 4.50. The molecule has 1 atom stereocenters. The maximum absolute atomic E-state index is 13.2. The number of carbonyl (C=O) groups is 2. The van der Waals surface area contributed by atoms with Gasteiger partial charge in [-0.2, -0.15) is 0 Å². The van der Waals surface area contributed by atoms with Crippen molar-refractivity contribution >= 4 is 23.2 Å². The van der Waals surface area contributed by atoms with Crippen molar-refractivity contribution in [3.8, 4) is 11.5 Å². The van der Waals surface area contributed by atoms with Crippen LogP contribution in [0.1, 0.15) is 52.8 Å². The minimum atomic E-state index is -0.323. The summed E-state index contributed by atoms with van der Waals surface area (Å²) in [7, 11) is 3.07. The van der Waals surface area contributed by atoms with Crippen molar-refractivity contribution in [2.45, 2.75) is 38.2 Å². The molecule has 8 heteroatoms. The lowest BCUT2D eigenvalue weighted by molar-refractivity contribution is 0.0858. The van der Waals surface area contributed by atoms with Crippen molar-refractivity contribution in [2.24, 2.45) is 0 Å². The normalized spacial score (nSPS) is 17.8. The van der Waals surface area contributed by atoms with E-state index >= 15 is 0 Å². The Morgan fingerprint density at radius 3 is 2.50 bits per heavy atom. The lowest BCUT2D eigenvalue weighted by Crippen LogP contribution is -2.35. The number of benzene rings is 2. The molecular formula is C26H33N3O5. The summed E-state index contributed by atoms with van der Waals surface area (Å²) in [6.07, 6.45) is 5.45. The Morgan fingerprint density at radius 1 is 0.971 bits per heavy atom. The van der Waals surface area contributed by atoms with E-state index in [4.69, 9.17) is 14.2 Å². The van der Waals surface area contributed by atoms with Gasteiger partial charge in [0.2, 0.25) is 0 Å². The Hall–Kier alpha value is -3.26. The standard InChI is InChI=1S/C26H33N3O5/c1-32-19-9-10-21(24(16-19)33-2)26(31)28-18-8-11-23(29-12-4-3-5-13-29)22(15-18)25(30)27-17-20-7-6-14-34-20/h8-11,15-16,20H,3-7,12-14,17H2,1-2H3,(H,27,30)(H,28,31). The molecule has 2 aromatic carbocycles. The first-order valence-electron chi connectivity index (χ1n) is 11.9. The Bertz CT molecular complexity index is 1010. The van der Waals surface area contributed by atoms with Crippen LogP contribution in [0.15, 0.2) is 36.4 Å². The van der Waals surface area contributed by atoms with E-state index in [0.29, 0.717) is 34.9 Å². The summed E-state index contributed by atoms with van der Waals surface area (Å²) < 4.78 is 16.2. The number of anilines is 2. The van der Waals surface area contributed by atoms with E-state index in [1.165, 1.54) is 13.5 Å². The quantitative estimate of drug-likeness (QED) is 0.613. The first-order chi connectivity index (χ1) is 16.6. The van der Waals surface area contributed by atoms with E-state index < -0.39 is 0 Å². The van der Waals surface area contributed by atoms with Gasteiger partial charge < -0.3 is 29.7 Å². The molecule has 2 saturated heterocycles. The molecule has 0 radical (unpaired) electrons. The molecule has 0 saturated carbocycles. The van der Waals surface area contributed by atoms with Gasteiger partial charge in [-0.05, 0) is 62.4 Å². The molecule has 8 nitrogen and oxygen atoms in total. The molecule has 182 valence electrons. The van der Waals surface area contributed by atoms with Crippen molar-refractivity contribution in [3.63, 3.8) is 0 Å². The van der Waals surface area contributed by atoms with Gasteiger partial charge in [0, 0.05) is 43.7 Å². The second-order valence-corrected chi connectivity index (χ2v) is 8.65. The summed E-state index contributed by atoms with van der Waals surface area (Å²) >= 11 is 0. The van der Waals surface area contributed by atoms with Crippen LogP contribution >= 0.6 is 0 Å². The summed E-state index contributed by atoms with van der Waals surface area (Å²) in [6, 6.07) is 10.5. The molecule has 2 fully saturated rings. The van der Waals surface area contributed by atoms with Gasteiger partial charge >= 0.3 is 0 Å². The molecule has 0 aromatic heterocycles.